The SMILES string of the molecule is CC(C)C[C@H](NC(=O)c1ccco1)C(=O)N[C@H](C=O)CCCN=C(N)N. The summed E-state index contributed by atoms with van der Waals surface area (Å²) in [7, 11) is 0. The molecule has 0 aliphatic carbocycles. The zero-order valence-corrected chi connectivity index (χ0v) is 15.1. The molecule has 0 aliphatic rings. The number of aliphatic imine (C=N–C) groups is 1. The Bertz CT molecular complexity index is 609. The molecule has 1 aromatic heterocycles. The Hall–Kier alpha value is -2.84. The van der Waals surface area contributed by atoms with Gasteiger partial charge in [-0.1, -0.05) is 13.8 Å². The third-order valence-electron chi connectivity index (χ3n) is 3.53. The topological polar surface area (TPSA) is 153 Å². The molecule has 2 amide bonds. The number of furan rings is 1. The van der Waals surface area contributed by atoms with Gasteiger partial charge in [-0.2, -0.15) is 0 Å². The van der Waals surface area contributed by atoms with Crippen LogP contribution in [-0.4, -0.2) is 42.7 Å². The van der Waals surface area contributed by atoms with E-state index in [2.05, 4.69) is 15.6 Å². The van der Waals surface area contributed by atoms with Crippen LogP contribution in [0.2, 0.25) is 0 Å². The van der Waals surface area contributed by atoms with Crippen LogP contribution in [0.1, 0.15) is 43.7 Å². The summed E-state index contributed by atoms with van der Waals surface area (Å²) in [5.41, 5.74) is 10.5. The molecule has 0 saturated heterocycles. The highest BCUT2D eigenvalue weighted by Gasteiger charge is 2.25. The molecule has 0 spiro atoms. The predicted molar refractivity (Wildman–Crippen MR) is 97.3 cm³/mol. The monoisotopic (exact) mass is 365 g/mol. The summed E-state index contributed by atoms with van der Waals surface area (Å²) in [6.45, 7) is 4.24. The van der Waals surface area contributed by atoms with Crippen molar-refractivity contribution in [2.75, 3.05) is 6.54 Å². The molecule has 0 aliphatic heterocycles. The van der Waals surface area contributed by atoms with Gasteiger partial charge in [-0.25, -0.2) is 0 Å². The smallest absolute Gasteiger partial charge is 0.287 e. The number of guanidine groups is 1. The second kappa shape index (κ2) is 10.9. The number of carbonyl (C=O) groups excluding carboxylic acids is 3. The van der Waals surface area contributed by atoms with Gasteiger partial charge in [-0.05, 0) is 37.3 Å². The van der Waals surface area contributed by atoms with E-state index in [1.165, 1.54) is 12.3 Å². The molecule has 0 fully saturated rings. The van der Waals surface area contributed by atoms with Crippen molar-refractivity contribution >= 4 is 24.1 Å². The zero-order chi connectivity index (χ0) is 19.5. The standard InChI is InChI=1S/C17H27N5O4/c1-11(2)9-13(22-16(25)14-6-4-8-26-14)15(24)21-12(10-23)5-3-7-20-17(18)19/h4,6,8,10-13H,3,5,7,9H2,1-2H3,(H,21,24)(H,22,25)(H4,18,19,20)/t12-,13-/m0/s1. The minimum Gasteiger partial charge on any atom is -0.459 e. The first-order chi connectivity index (χ1) is 12.3. The molecule has 0 bridgehead atoms. The van der Waals surface area contributed by atoms with Crippen LogP contribution in [0.5, 0.6) is 0 Å². The summed E-state index contributed by atoms with van der Waals surface area (Å²) in [6.07, 6.45) is 3.40. The van der Waals surface area contributed by atoms with Gasteiger partial charge >= 0.3 is 0 Å². The van der Waals surface area contributed by atoms with Crippen molar-refractivity contribution in [2.24, 2.45) is 22.4 Å². The first-order valence-electron chi connectivity index (χ1n) is 8.49. The van der Waals surface area contributed by atoms with Crippen LogP contribution >= 0.6 is 0 Å². The van der Waals surface area contributed by atoms with E-state index in [1.54, 1.807) is 6.07 Å². The van der Waals surface area contributed by atoms with E-state index in [1.807, 2.05) is 13.8 Å². The van der Waals surface area contributed by atoms with Crippen molar-refractivity contribution in [3.8, 4) is 0 Å². The number of nitrogens with zero attached hydrogens (tertiary/aromatic N) is 1. The number of rotatable bonds is 11. The van der Waals surface area contributed by atoms with E-state index in [9.17, 15) is 14.4 Å². The lowest BCUT2D eigenvalue weighted by Gasteiger charge is -2.21. The van der Waals surface area contributed by atoms with Crippen molar-refractivity contribution in [3.05, 3.63) is 24.2 Å². The van der Waals surface area contributed by atoms with Crippen LogP contribution in [-0.2, 0) is 9.59 Å². The van der Waals surface area contributed by atoms with Crippen molar-refractivity contribution in [1.82, 2.24) is 10.6 Å². The molecule has 144 valence electrons. The fraction of sp³-hybridized carbons (Fsp3) is 0.529. The largest absolute Gasteiger partial charge is 0.459 e. The lowest BCUT2D eigenvalue weighted by Crippen LogP contribution is -2.50. The molecule has 0 radical (unpaired) electrons. The van der Waals surface area contributed by atoms with Crippen LogP contribution in [0.15, 0.2) is 27.8 Å². The maximum Gasteiger partial charge on any atom is 0.287 e. The van der Waals surface area contributed by atoms with Crippen LogP contribution in [0, 0.1) is 5.92 Å². The summed E-state index contributed by atoms with van der Waals surface area (Å²) in [5, 5.41) is 5.29. The Labute approximate surface area is 152 Å². The third kappa shape index (κ3) is 7.82. The van der Waals surface area contributed by atoms with Crippen LogP contribution in [0.4, 0.5) is 0 Å². The van der Waals surface area contributed by atoms with E-state index in [-0.39, 0.29) is 17.6 Å². The van der Waals surface area contributed by atoms with E-state index in [4.69, 9.17) is 15.9 Å². The van der Waals surface area contributed by atoms with Gasteiger partial charge in [0.05, 0.1) is 12.3 Å². The van der Waals surface area contributed by atoms with Crippen LogP contribution in [0.3, 0.4) is 0 Å². The zero-order valence-electron chi connectivity index (χ0n) is 15.1. The fourth-order valence-electron chi connectivity index (χ4n) is 2.32. The number of amides is 2. The average molecular weight is 365 g/mol. The number of nitrogens with one attached hydrogen (secondary N) is 2. The summed E-state index contributed by atoms with van der Waals surface area (Å²) in [6, 6.07) is 1.66. The van der Waals surface area contributed by atoms with Gasteiger partial charge < -0.3 is 31.3 Å². The molecule has 0 unspecified atom stereocenters. The highest BCUT2D eigenvalue weighted by molar-refractivity contribution is 5.95. The molecule has 1 rings (SSSR count). The van der Waals surface area contributed by atoms with Crippen LogP contribution in [0.25, 0.3) is 0 Å². The van der Waals surface area contributed by atoms with Crippen molar-refractivity contribution < 1.29 is 18.8 Å². The van der Waals surface area contributed by atoms with E-state index < -0.39 is 23.9 Å². The van der Waals surface area contributed by atoms with E-state index in [0.29, 0.717) is 32.1 Å². The Morgan fingerprint density at radius 1 is 1.31 bits per heavy atom. The lowest BCUT2D eigenvalue weighted by atomic mass is 10.0. The molecule has 1 heterocycles. The van der Waals surface area contributed by atoms with Crippen molar-refractivity contribution in [2.45, 2.75) is 45.2 Å². The number of hydrogen-bond acceptors (Lipinski definition) is 5. The first-order valence-corrected chi connectivity index (χ1v) is 8.49. The minimum absolute atomic E-state index is 0.0191. The summed E-state index contributed by atoms with van der Waals surface area (Å²) < 4.78 is 5.04. The quantitative estimate of drug-likeness (QED) is 0.190. The number of hydrogen-bond donors (Lipinski definition) is 4. The molecule has 0 aromatic carbocycles. The van der Waals surface area contributed by atoms with Gasteiger partial charge in [0.1, 0.15) is 12.3 Å². The predicted octanol–water partition coefficient (Wildman–Crippen LogP) is 0.161. The van der Waals surface area contributed by atoms with Gasteiger partial charge in [0, 0.05) is 6.54 Å². The van der Waals surface area contributed by atoms with Gasteiger partial charge in [-0.3, -0.25) is 14.6 Å². The normalized spacial score (nSPS) is 12.9. The Morgan fingerprint density at radius 3 is 2.58 bits per heavy atom. The third-order valence-corrected chi connectivity index (χ3v) is 3.53. The molecule has 9 nitrogen and oxygen atoms in total. The maximum absolute atomic E-state index is 12.5. The van der Waals surface area contributed by atoms with Gasteiger partial charge in [0.25, 0.3) is 5.91 Å². The second-order valence-corrected chi connectivity index (χ2v) is 6.33. The minimum atomic E-state index is -0.771. The molecule has 6 N–H and O–H groups in total. The maximum atomic E-state index is 12.5. The molecule has 2 atom stereocenters. The first kappa shape index (κ1) is 21.2. The highest BCUT2D eigenvalue weighted by atomic mass is 16.3. The average Bonchev–Trinajstić information content (AvgIpc) is 3.10. The summed E-state index contributed by atoms with van der Waals surface area (Å²) in [5.74, 6) is -0.631. The Kier molecular flexibility index (Phi) is 8.90. The van der Waals surface area contributed by atoms with Crippen LogP contribution < -0.4 is 22.1 Å². The number of carbonyl (C=O) groups is 3. The molecule has 1 aromatic rings. The van der Waals surface area contributed by atoms with Gasteiger partial charge in [0.2, 0.25) is 5.91 Å². The van der Waals surface area contributed by atoms with Crippen molar-refractivity contribution in [1.29, 1.82) is 0 Å². The Balaban J connectivity index is 2.64. The fourth-order valence-corrected chi connectivity index (χ4v) is 2.32. The molecule has 26 heavy (non-hydrogen) atoms. The molecular formula is C17H27N5O4. The lowest BCUT2D eigenvalue weighted by molar-refractivity contribution is -0.126. The van der Waals surface area contributed by atoms with E-state index >= 15 is 0 Å². The highest BCUT2D eigenvalue weighted by Crippen LogP contribution is 2.08. The number of nitrogens with two attached hydrogens (primary N) is 2. The van der Waals surface area contributed by atoms with Gasteiger partial charge in [0.15, 0.2) is 11.7 Å². The molecule has 0 saturated carbocycles. The van der Waals surface area contributed by atoms with Gasteiger partial charge in [-0.15, -0.1) is 0 Å². The molecule has 9 heteroatoms. The summed E-state index contributed by atoms with van der Waals surface area (Å²) in [4.78, 5) is 39.7. The summed E-state index contributed by atoms with van der Waals surface area (Å²) >= 11 is 0. The molecular weight excluding hydrogens is 338 g/mol. The second-order valence-electron chi connectivity index (χ2n) is 6.33. The van der Waals surface area contributed by atoms with E-state index in [0.717, 1.165) is 0 Å². The Morgan fingerprint density at radius 2 is 2.04 bits per heavy atom. The van der Waals surface area contributed by atoms with Crippen molar-refractivity contribution in [3.63, 3.8) is 0 Å². The number of aldehydes is 1.